The Labute approximate surface area is 168 Å². The lowest BCUT2D eigenvalue weighted by Gasteiger charge is -2.20. The van der Waals surface area contributed by atoms with Gasteiger partial charge in [-0.25, -0.2) is 0 Å². The molecule has 0 saturated carbocycles. The highest BCUT2D eigenvalue weighted by molar-refractivity contribution is 5.93. The molecular formula is C23H32N2O3. The van der Waals surface area contributed by atoms with Crippen molar-refractivity contribution in [2.75, 3.05) is 32.6 Å². The second-order valence-corrected chi connectivity index (χ2v) is 7.33. The predicted octanol–water partition coefficient (Wildman–Crippen LogP) is 4.60. The fourth-order valence-electron chi connectivity index (χ4n) is 3.22. The molecule has 28 heavy (non-hydrogen) atoms. The third kappa shape index (κ3) is 5.73. The number of nitrogens with one attached hydrogen (secondary N) is 1. The van der Waals surface area contributed by atoms with Gasteiger partial charge in [0.1, 0.15) is 0 Å². The number of hydrogen-bond donors (Lipinski definition) is 1. The number of aryl methyl sites for hydroxylation is 1. The van der Waals surface area contributed by atoms with E-state index in [2.05, 4.69) is 25.2 Å². The molecule has 0 bridgehead atoms. The minimum absolute atomic E-state index is 0.0170. The molecule has 5 heteroatoms. The maximum Gasteiger partial charge on any atom is 0.238 e. The molecule has 0 aromatic heterocycles. The third-order valence-corrected chi connectivity index (χ3v) is 4.59. The lowest BCUT2D eigenvalue weighted by atomic mass is 9.98. The first-order valence-electron chi connectivity index (χ1n) is 9.73. The van der Waals surface area contributed by atoms with Gasteiger partial charge >= 0.3 is 0 Å². The van der Waals surface area contributed by atoms with E-state index in [0.29, 0.717) is 31.4 Å². The van der Waals surface area contributed by atoms with Gasteiger partial charge in [-0.2, -0.15) is 0 Å². The van der Waals surface area contributed by atoms with Crippen LogP contribution in [0.3, 0.4) is 0 Å². The SMILES string of the molecule is CCOc1ccc(CN(C)CC(=O)Nc2c(C)cccc2C(C)C)cc1OC. The van der Waals surface area contributed by atoms with Gasteiger partial charge in [0.25, 0.3) is 0 Å². The monoisotopic (exact) mass is 384 g/mol. The van der Waals surface area contributed by atoms with Gasteiger partial charge in [0.2, 0.25) is 5.91 Å². The third-order valence-electron chi connectivity index (χ3n) is 4.59. The molecule has 0 spiro atoms. The number of rotatable bonds is 9. The number of amides is 1. The standard InChI is InChI=1S/C23H32N2O3/c1-7-28-20-12-11-18(13-21(20)27-6)14-25(5)15-22(26)24-23-17(4)9-8-10-19(23)16(2)3/h8-13,16H,7,14-15H2,1-6H3,(H,24,26). The Morgan fingerprint density at radius 1 is 1.18 bits per heavy atom. The van der Waals surface area contributed by atoms with Crippen molar-refractivity contribution in [1.82, 2.24) is 4.90 Å². The quantitative estimate of drug-likeness (QED) is 0.687. The number of hydrogen-bond acceptors (Lipinski definition) is 4. The number of carbonyl (C=O) groups excluding carboxylic acids is 1. The molecule has 2 aromatic carbocycles. The molecule has 0 aliphatic carbocycles. The maximum atomic E-state index is 12.6. The van der Waals surface area contributed by atoms with Crippen LogP contribution in [0.2, 0.25) is 0 Å². The molecule has 0 aliphatic rings. The van der Waals surface area contributed by atoms with E-state index in [1.165, 1.54) is 0 Å². The topological polar surface area (TPSA) is 50.8 Å². The van der Waals surface area contributed by atoms with E-state index < -0.39 is 0 Å². The zero-order valence-corrected chi connectivity index (χ0v) is 17.8. The molecule has 0 radical (unpaired) electrons. The highest BCUT2D eigenvalue weighted by Crippen LogP contribution is 2.29. The number of benzene rings is 2. The number of anilines is 1. The zero-order valence-electron chi connectivity index (χ0n) is 17.8. The Balaban J connectivity index is 2.02. The van der Waals surface area contributed by atoms with Crippen LogP contribution in [0, 0.1) is 6.92 Å². The molecule has 1 amide bonds. The van der Waals surface area contributed by atoms with E-state index in [1.807, 2.05) is 56.1 Å². The fraction of sp³-hybridized carbons (Fsp3) is 0.435. The van der Waals surface area contributed by atoms with Crippen molar-refractivity contribution >= 4 is 11.6 Å². The second-order valence-electron chi connectivity index (χ2n) is 7.33. The maximum absolute atomic E-state index is 12.6. The first-order chi connectivity index (χ1) is 13.3. The summed E-state index contributed by atoms with van der Waals surface area (Å²) in [4.78, 5) is 14.6. The molecular weight excluding hydrogens is 352 g/mol. The van der Waals surface area contributed by atoms with Crippen LogP contribution in [0.15, 0.2) is 36.4 Å². The van der Waals surface area contributed by atoms with Crippen LogP contribution in [-0.4, -0.2) is 38.1 Å². The Kier molecular flexibility index (Phi) is 7.88. The summed E-state index contributed by atoms with van der Waals surface area (Å²) >= 11 is 0. The van der Waals surface area contributed by atoms with Crippen molar-refractivity contribution in [2.45, 2.75) is 40.2 Å². The van der Waals surface area contributed by atoms with Gasteiger partial charge in [-0.15, -0.1) is 0 Å². The molecule has 0 unspecified atom stereocenters. The fourth-order valence-corrected chi connectivity index (χ4v) is 3.22. The van der Waals surface area contributed by atoms with E-state index in [4.69, 9.17) is 9.47 Å². The van der Waals surface area contributed by atoms with E-state index >= 15 is 0 Å². The predicted molar refractivity (Wildman–Crippen MR) is 114 cm³/mol. The lowest BCUT2D eigenvalue weighted by molar-refractivity contribution is -0.117. The molecule has 0 fully saturated rings. The van der Waals surface area contributed by atoms with Gasteiger partial charge in [0.05, 0.1) is 20.3 Å². The normalized spacial score (nSPS) is 11.0. The van der Waals surface area contributed by atoms with E-state index in [0.717, 1.165) is 28.1 Å². The van der Waals surface area contributed by atoms with Crippen molar-refractivity contribution < 1.29 is 14.3 Å². The largest absolute Gasteiger partial charge is 0.493 e. The number of carbonyl (C=O) groups is 1. The van der Waals surface area contributed by atoms with Crippen LogP contribution in [-0.2, 0) is 11.3 Å². The molecule has 2 rings (SSSR count). The number of para-hydroxylation sites is 1. The van der Waals surface area contributed by atoms with Gasteiger partial charge in [-0.1, -0.05) is 38.1 Å². The molecule has 152 valence electrons. The average Bonchev–Trinajstić information content (AvgIpc) is 2.64. The first-order valence-corrected chi connectivity index (χ1v) is 9.73. The van der Waals surface area contributed by atoms with Crippen LogP contribution in [0.5, 0.6) is 11.5 Å². The minimum Gasteiger partial charge on any atom is -0.493 e. The van der Waals surface area contributed by atoms with Gasteiger partial charge in [-0.3, -0.25) is 9.69 Å². The summed E-state index contributed by atoms with van der Waals surface area (Å²) in [6.07, 6.45) is 0. The Morgan fingerprint density at radius 2 is 1.93 bits per heavy atom. The van der Waals surface area contributed by atoms with Crippen molar-refractivity contribution in [3.63, 3.8) is 0 Å². The van der Waals surface area contributed by atoms with E-state index in [1.54, 1.807) is 7.11 Å². The van der Waals surface area contributed by atoms with Crippen molar-refractivity contribution in [3.05, 3.63) is 53.1 Å². The van der Waals surface area contributed by atoms with Gasteiger partial charge in [-0.05, 0) is 55.6 Å². The smallest absolute Gasteiger partial charge is 0.238 e. The second kappa shape index (κ2) is 10.1. The van der Waals surface area contributed by atoms with Crippen molar-refractivity contribution in [2.24, 2.45) is 0 Å². The summed E-state index contributed by atoms with van der Waals surface area (Å²) < 4.78 is 11.0. The van der Waals surface area contributed by atoms with Crippen molar-refractivity contribution in [1.29, 1.82) is 0 Å². The number of nitrogens with zero attached hydrogens (tertiary/aromatic N) is 1. The summed E-state index contributed by atoms with van der Waals surface area (Å²) in [6.45, 7) is 9.78. The molecule has 2 aromatic rings. The first kappa shape index (κ1) is 21.8. The lowest BCUT2D eigenvalue weighted by Crippen LogP contribution is -2.30. The van der Waals surface area contributed by atoms with E-state index in [9.17, 15) is 4.79 Å². The Bertz CT molecular complexity index is 802. The summed E-state index contributed by atoms with van der Waals surface area (Å²) in [5.74, 6) is 1.77. The summed E-state index contributed by atoms with van der Waals surface area (Å²) in [7, 11) is 3.57. The summed E-state index contributed by atoms with van der Waals surface area (Å²) in [5, 5.41) is 3.10. The molecule has 1 N–H and O–H groups in total. The average molecular weight is 385 g/mol. The summed E-state index contributed by atoms with van der Waals surface area (Å²) in [6, 6.07) is 12.0. The highest BCUT2D eigenvalue weighted by Gasteiger charge is 2.14. The Morgan fingerprint density at radius 3 is 2.57 bits per heavy atom. The number of methoxy groups -OCH3 is 1. The van der Waals surface area contributed by atoms with Crippen LogP contribution in [0.4, 0.5) is 5.69 Å². The van der Waals surface area contributed by atoms with Crippen LogP contribution in [0.1, 0.15) is 43.4 Å². The molecule has 0 heterocycles. The minimum atomic E-state index is -0.0170. The highest BCUT2D eigenvalue weighted by atomic mass is 16.5. The molecule has 5 nitrogen and oxygen atoms in total. The van der Waals surface area contributed by atoms with Crippen LogP contribution < -0.4 is 14.8 Å². The van der Waals surface area contributed by atoms with Crippen LogP contribution in [0.25, 0.3) is 0 Å². The van der Waals surface area contributed by atoms with Gasteiger partial charge < -0.3 is 14.8 Å². The number of ether oxygens (including phenoxy) is 2. The zero-order chi connectivity index (χ0) is 20.7. The van der Waals surface area contributed by atoms with E-state index in [-0.39, 0.29) is 5.91 Å². The van der Waals surface area contributed by atoms with Gasteiger partial charge in [0.15, 0.2) is 11.5 Å². The van der Waals surface area contributed by atoms with Crippen LogP contribution >= 0.6 is 0 Å². The van der Waals surface area contributed by atoms with Crippen molar-refractivity contribution in [3.8, 4) is 11.5 Å². The number of likely N-dealkylation sites (N-methyl/N-ethyl adjacent to an activating group) is 1. The molecule has 0 saturated heterocycles. The Hall–Kier alpha value is -2.53. The van der Waals surface area contributed by atoms with Gasteiger partial charge in [0, 0.05) is 12.2 Å². The summed E-state index contributed by atoms with van der Waals surface area (Å²) in [5.41, 5.74) is 4.23. The molecule has 0 atom stereocenters. The molecule has 0 aliphatic heterocycles.